The molecule has 0 saturated heterocycles. The lowest BCUT2D eigenvalue weighted by molar-refractivity contribution is 0.297. The molecule has 0 fully saturated rings. The molecular weight excluding hydrogens is 236 g/mol. The topological polar surface area (TPSA) is 45.0 Å². The predicted octanol–water partition coefficient (Wildman–Crippen LogP) is 3.30. The zero-order valence-corrected chi connectivity index (χ0v) is 12.2. The van der Waals surface area contributed by atoms with Crippen molar-refractivity contribution in [2.75, 3.05) is 13.7 Å². The Labute approximate surface area is 116 Å². The van der Waals surface area contributed by atoms with Crippen LogP contribution in [0.4, 0.5) is 0 Å². The second-order valence-electron chi connectivity index (χ2n) is 5.00. The van der Waals surface area contributed by atoms with Crippen molar-refractivity contribution >= 4 is 0 Å². The van der Waals surface area contributed by atoms with E-state index < -0.39 is 5.54 Å². The Morgan fingerprint density at radius 1 is 1.26 bits per heavy atom. The fraction of sp³-hybridized carbons (Fsp3) is 0.562. The van der Waals surface area contributed by atoms with Gasteiger partial charge in [0.25, 0.3) is 0 Å². The summed E-state index contributed by atoms with van der Waals surface area (Å²) in [4.78, 5) is 0. The van der Waals surface area contributed by atoms with E-state index in [4.69, 9.17) is 10.00 Å². The highest BCUT2D eigenvalue weighted by molar-refractivity contribution is 5.27. The van der Waals surface area contributed by atoms with Crippen molar-refractivity contribution in [1.29, 1.82) is 5.26 Å². The Balaban J connectivity index is 2.22. The van der Waals surface area contributed by atoms with Gasteiger partial charge in [-0.2, -0.15) is 5.26 Å². The van der Waals surface area contributed by atoms with Gasteiger partial charge in [0.15, 0.2) is 0 Å². The van der Waals surface area contributed by atoms with Gasteiger partial charge in [-0.3, -0.25) is 0 Å². The van der Waals surface area contributed by atoms with E-state index in [2.05, 4.69) is 30.4 Å². The molecule has 1 aromatic rings. The summed E-state index contributed by atoms with van der Waals surface area (Å²) in [5, 5.41) is 12.1. The molecule has 1 rings (SSSR count). The molecule has 0 aliphatic rings. The van der Waals surface area contributed by atoms with Gasteiger partial charge >= 0.3 is 0 Å². The van der Waals surface area contributed by atoms with Gasteiger partial charge < -0.3 is 10.1 Å². The van der Waals surface area contributed by atoms with Crippen LogP contribution in [0.15, 0.2) is 24.3 Å². The Hall–Kier alpha value is -1.53. The average Bonchev–Trinajstić information content (AvgIpc) is 2.47. The Kier molecular flexibility index (Phi) is 6.38. The number of aryl methyl sites for hydroxylation is 1. The summed E-state index contributed by atoms with van der Waals surface area (Å²) >= 11 is 0. The standard InChI is InChI=1S/C16H24N2O/c1-4-14-7-9-15(10-8-14)19-12-6-5-11-16(2,13-17)18-3/h7-10,18H,4-6,11-12H2,1-3H3. The molecule has 1 aromatic carbocycles. The first-order valence-corrected chi connectivity index (χ1v) is 6.95. The minimum atomic E-state index is -0.414. The van der Waals surface area contributed by atoms with Gasteiger partial charge in [-0.15, -0.1) is 0 Å². The summed E-state index contributed by atoms with van der Waals surface area (Å²) in [6.45, 7) is 4.78. The maximum Gasteiger partial charge on any atom is 0.119 e. The van der Waals surface area contributed by atoms with Crippen LogP contribution >= 0.6 is 0 Å². The van der Waals surface area contributed by atoms with Crippen LogP contribution in [0, 0.1) is 11.3 Å². The molecule has 0 heterocycles. The summed E-state index contributed by atoms with van der Waals surface area (Å²) in [5.74, 6) is 0.925. The Morgan fingerprint density at radius 3 is 2.47 bits per heavy atom. The largest absolute Gasteiger partial charge is 0.494 e. The number of ether oxygens (including phenoxy) is 1. The SMILES string of the molecule is CCc1ccc(OCCCCC(C)(C#N)NC)cc1. The molecule has 0 aromatic heterocycles. The first-order valence-electron chi connectivity index (χ1n) is 6.95. The Bertz CT molecular complexity index is 408. The molecule has 0 spiro atoms. The summed E-state index contributed by atoms with van der Waals surface area (Å²) in [5.41, 5.74) is 0.911. The van der Waals surface area contributed by atoms with Crippen molar-refractivity contribution < 1.29 is 4.74 Å². The third-order valence-electron chi connectivity index (χ3n) is 3.47. The normalized spacial score (nSPS) is 13.6. The lowest BCUT2D eigenvalue weighted by Gasteiger charge is -2.20. The van der Waals surface area contributed by atoms with E-state index in [9.17, 15) is 0 Å². The number of rotatable bonds is 8. The maximum atomic E-state index is 9.03. The van der Waals surface area contributed by atoms with E-state index >= 15 is 0 Å². The van der Waals surface area contributed by atoms with Crippen molar-refractivity contribution in [3.8, 4) is 11.8 Å². The van der Waals surface area contributed by atoms with Crippen molar-refractivity contribution in [3.05, 3.63) is 29.8 Å². The molecular formula is C16H24N2O. The molecule has 0 saturated carbocycles. The highest BCUT2D eigenvalue weighted by Crippen LogP contribution is 2.15. The van der Waals surface area contributed by atoms with Gasteiger partial charge in [0.2, 0.25) is 0 Å². The van der Waals surface area contributed by atoms with Crippen molar-refractivity contribution in [2.24, 2.45) is 0 Å². The van der Waals surface area contributed by atoms with E-state index in [1.54, 1.807) is 0 Å². The highest BCUT2D eigenvalue weighted by atomic mass is 16.5. The number of unbranched alkanes of at least 4 members (excludes halogenated alkanes) is 1. The summed E-state index contributed by atoms with van der Waals surface area (Å²) < 4.78 is 5.68. The molecule has 0 aliphatic heterocycles. The van der Waals surface area contributed by atoms with Gasteiger partial charge in [0.1, 0.15) is 11.3 Å². The molecule has 1 unspecified atom stereocenters. The minimum Gasteiger partial charge on any atom is -0.494 e. The van der Waals surface area contributed by atoms with E-state index in [0.29, 0.717) is 6.61 Å². The number of nitrogens with one attached hydrogen (secondary N) is 1. The zero-order valence-electron chi connectivity index (χ0n) is 12.2. The summed E-state index contributed by atoms with van der Waals surface area (Å²) in [7, 11) is 1.83. The molecule has 0 radical (unpaired) electrons. The number of nitrogens with zero attached hydrogens (tertiary/aromatic N) is 1. The summed E-state index contributed by atoms with van der Waals surface area (Å²) in [6.07, 6.45) is 3.85. The maximum absolute atomic E-state index is 9.03. The van der Waals surface area contributed by atoms with E-state index in [-0.39, 0.29) is 0 Å². The molecule has 1 N–H and O–H groups in total. The van der Waals surface area contributed by atoms with Gasteiger partial charge in [-0.05, 0) is 57.4 Å². The fourth-order valence-corrected chi connectivity index (χ4v) is 1.83. The molecule has 1 atom stereocenters. The molecule has 3 heteroatoms. The Morgan fingerprint density at radius 2 is 1.95 bits per heavy atom. The quantitative estimate of drug-likeness (QED) is 0.729. The first-order chi connectivity index (χ1) is 9.13. The fourth-order valence-electron chi connectivity index (χ4n) is 1.83. The molecule has 3 nitrogen and oxygen atoms in total. The molecule has 0 amide bonds. The molecule has 104 valence electrons. The van der Waals surface area contributed by atoms with Crippen LogP contribution in [0.5, 0.6) is 5.75 Å². The summed E-state index contributed by atoms with van der Waals surface area (Å²) in [6, 6.07) is 10.5. The van der Waals surface area contributed by atoms with Crippen LogP contribution in [-0.2, 0) is 6.42 Å². The van der Waals surface area contributed by atoms with Crippen LogP contribution in [0.1, 0.15) is 38.7 Å². The van der Waals surface area contributed by atoms with Crippen LogP contribution in [0.2, 0.25) is 0 Å². The smallest absolute Gasteiger partial charge is 0.119 e. The molecule has 19 heavy (non-hydrogen) atoms. The molecule has 0 bridgehead atoms. The lowest BCUT2D eigenvalue weighted by atomic mass is 9.97. The van der Waals surface area contributed by atoms with E-state index in [1.807, 2.05) is 26.1 Å². The average molecular weight is 260 g/mol. The number of benzene rings is 1. The van der Waals surface area contributed by atoms with Gasteiger partial charge in [0, 0.05) is 0 Å². The zero-order chi connectivity index (χ0) is 14.1. The van der Waals surface area contributed by atoms with Crippen molar-refractivity contribution in [2.45, 2.75) is 45.1 Å². The highest BCUT2D eigenvalue weighted by Gasteiger charge is 2.19. The monoisotopic (exact) mass is 260 g/mol. The van der Waals surface area contributed by atoms with Crippen LogP contribution in [0.25, 0.3) is 0 Å². The second-order valence-corrected chi connectivity index (χ2v) is 5.00. The van der Waals surface area contributed by atoms with Gasteiger partial charge in [-0.25, -0.2) is 0 Å². The van der Waals surface area contributed by atoms with Crippen molar-refractivity contribution in [1.82, 2.24) is 5.32 Å². The van der Waals surface area contributed by atoms with E-state index in [1.165, 1.54) is 5.56 Å². The van der Waals surface area contributed by atoms with Crippen LogP contribution in [0.3, 0.4) is 0 Å². The second kappa shape index (κ2) is 7.81. The van der Waals surface area contributed by atoms with E-state index in [0.717, 1.165) is 31.4 Å². The van der Waals surface area contributed by atoms with Gasteiger partial charge in [-0.1, -0.05) is 19.1 Å². The van der Waals surface area contributed by atoms with Crippen molar-refractivity contribution in [3.63, 3.8) is 0 Å². The number of nitriles is 1. The first kappa shape index (κ1) is 15.5. The third kappa shape index (κ3) is 5.32. The van der Waals surface area contributed by atoms with Crippen LogP contribution in [-0.4, -0.2) is 19.2 Å². The molecule has 0 aliphatic carbocycles. The van der Waals surface area contributed by atoms with Crippen LogP contribution < -0.4 is 10.1 Å². The minimum absolute atomic E-state index is 0.414. The lowest BCUT2D eigenvalue weighted by Crippen LogP contribution is -2.37. The number of hydrogen-bond donors (Lipinski definition) is 1. The predicted molar refractivity (Wildman–Crippen MR) is 78.2 cm³/mol. The number of hydrogen-bond acceptors (Lipinski definition) is 3. The third-order valence-corrected chi connectivity index (χ3v) is 3.47. The van der Waals surface area contributed by atoms with Gasteiger partial charge in [0.05, 0.1) is 12.7 Å².